The molecular formula is C12H18N3PSe. The van der Waals surface area contributed by atoms with E-state index in [2.05, 4.69) is 78.0 Å². The summed E-state index contributed by atoms with van der Waals surface area (Å²) in [6.07, 6.45) is 0. The molecule has 0 bridgehead atoms. The third-order valence-corrected chi connectivity index (χ3v) is 10.4. The molecule has 0 amide bonds. The molecule has 1 unspecified atom stereocenters. The second-order valence-corrected chi connectivity index (χ2v) is 10.9. The van der Waals surface area contributed by atoms with Gasteiger partial charge in [-0.25, -0.2) is 0 Å². The van der Waals surface area contributed by atoms with Crippen LogP contribution in [0.3, 0.4) is 0 Å². The Morgan fingerprint density at radius 1 is 1.18 bits per heavy atom. The molecule has 1 heterocycles. The Kier molecular flexibility index (Phi) is 3.35. The molecule has 0 aromatic heterocycles. The first-order valence-electron chi connectivity index (χ1n) is 5.53. The molecule has 92 valence electrons. The average Bonchev–Trinajstić information content (AvgIpc) is 2.54. The van der Waals surface area contributed by atoms with Gasteiger partial charge in [0.05, 0.1) is 0 Å². The first-order valence-corrected chi connectivity index (χ1v) is 9.49. The number of nitrogens with zero attached hydrogens (tertiary/aromatic N) is 3. The fraction of sp³-hybridized carbons (Fsp3) is 0.417. The molecule has 0 saturated carbocycles. The van der Waals surface area contributed by atoms with Crippen LogP contribution < -0.4 is 5.30 Å². The summed E-state index contributed by atoms with van der Waals surface area (Å²) in [4.78, 5) is 6.91. The Labute approximate surface area is 111 Å². The number of amidine groups is 1. The molecule has 1 aliphatic heterocycles. The van der Waals surface area contributed by atoms with E-state index in [1.165, 1.54) is 10.9 Å². The van der Waals surface area contributed by atoms with Gasteiger partial charge in [-0.15, -0.1) is 0 Å². The van der Waals surface area contributed by atoms with Crippen LogP contribution in [0, 0.1) is 6.92 Å². The quantitative estimate of drug-likeness (QED) is 0.581. The van der Waals surface area contributed by atoms with E-state index in [1.54, 1.807) is 0 Å². The molecule has 1 aromatic carbocycles. The molecule has 2 rings (SSSR count). The maximum absolute atomic E-state index is 4.79. The molecule has 1 atom stereocenters. The number of hydrogen-bond donors (Lipinski definition) is 0. The van der Waals surface area contributed by atoms with E-state index in [-0.39, 0.29) is 0 Å². The molecule has 17 heavy (non-hydrogen) atoms. The Balaban J connectivity index is 2.69. The number of aliphatic imine (C=N–C) groups is 1. The van der Waals surface area contributed by atoms with Crippen molar-refractivity contribution >= 4 is 37.3 Å². The van der Waals surface area contributed by atoms with Gasteiger partial charge in [-0.1, -0.05) is 0 Å². The molecule has 1 aromatic rings. The third-order valence-electron chi connectivity index (χ3n) is 2.91. The van der Waals surface area contributed by atoms with Crippen molar-refractivity contribution < 1.29 is 0 Å². The summed E-state index contributed by atoms with van der Waals surface area (Å²) in [6, 6.07) is 6.51. The fourth-order valence-corrected chi connectivity index (χ4v) is 6.83. The zero-order chi connectivity index (χ0) is 12.8. The normalized spacial score (nSPS) is 22.6. The van der Waals surface area contributed by atoms with Crippen LogP contribution in [-0.2, 0) is 0 Å². The van der Waals surface area contributed by atoms with Crippen molar-refractivity contribution in [2.45, 2.75) is 6.92 Å². The fourth-order valence-electron chi connectivity index (χ4n) is 2.02. The molecule has 1 aliphatic rings. The van der Waals surface area contributed by atoms with Crippen LogP contribution in [0.1, 0.15) is 5.56 Å². The van der Waals surface area contributed by atoms with E-state index in [0.29, 0.717) is 0 Å². The Morgan fingerprint density at radius 3 is 2.35 bits per heavy atom. The van der Waals surface area contributed by atoms with E-state index < -0.39 is 5.66 Å². The van der Waals surface area contributed by atoms with Gasteiger partial charge in [-0.2, -0.15) is 0 Å². The van der Waals surface area contributed by atoms with Gasteiger partial charge in [-0.05, 0) is 0 Å². The van der Waals surface area contributed by atoms with Crippen molar-refractivity contribution in [3.63, 3.8) is 0 Å². The van der Waals surface area contributed by atoms with Crippen LogP contribution in [0.25, 0.3) is 0 Å². The molecular weight excluding hydrogens is 296 g/mol. The summed E-state index contributed by atoms with van der Waals surface area (Å²) in [5, 5.41) is 1.35. The average molecular weight is 314 g/mol. The van der Waals surface area contributed by atoms with Gasteiger partial charge in [0.1, 0.15) is 0 Å². The zero-order valence-corrected chi connectivity index (χ0v) is 13.5. The van der Waals surface area contributed by atoms with Crippen LogP contribution >= 0.6 is 5.66 Å². The van der Waals surface area contributed by atoms with Gasteiger partial charge in [0.2, 0.25) is 0 Å². The van der Waals surface area contributed by atoms with Gasteiger partial charge in [-0.3, -0.25) is 0 Å². The molecule has 0 fully saturated rings. The molecule has 0 spiro atoms. The summed E-state index contributed by atoms with van der Waals surface area (Å²) in [5.41, 5.74) is 1.97. The predicted octanol–water partition coefficient (Wildman–Crippen LogP) is 1.76. The first kappa shape index (κ1) is 13.0. The van der Waals surface area contributed by atoms with Crippen molar-refractivity contribution in [3.8, 4) is 0 Å². The van der Waals surface area contributed by atoms with Crippen LogP contribution in [-0.4, -0.2) is 58.4 Å². The van der Waals surface area contributed by atoms with Gasteiger partial charge >= 0.3 is 111 Å². The van der Waals surface area contributed by atoms with Gasteiger partial charge in [0.15, 0.2) is 0 Å². The minimum atomic E-state index is -1.59. The van der Waals surface area contributed by atoms with Crippen LogP contribution in [0.5, 0.6) is 0 Å². The van der Waals surface area contributed by atoms with E-state index in [0.717, 1.165) is 11.3 Å². The van der Waals surface area contributed by atoms with Crippen molar-refractivity contribution in [1.29, 1.82) is 0 Å². The first-order chi connectivity index (χ1) is 7.87. The molecule has 0 aliphatic carbocycles. The SMILES string of the molecule is Cc1ccc2c(c1)P(=[Se])(N(C)C)C(N(C)C)=N2. The minimum absolute atomic E-state index is 1.11. The monoisotopic (exact) mass is 315 g/mol. The number of rotatable bonds is 1. The number of benzene rings is 1. The molecule has 0 saturated heterocycles. The molecule has 0 radical (unpaired) electrons. The van der Waals surface area contributed by atoms with Crippen molar-refractivity contribution in [2.24, 2.45) is 4.99 Å². The Morgan fingerprint density at radius 2 is 1.82 bits per heavy atom. The second-order valence-electron chi connectivity index (χ2n) is 4.72. The number of fused-ring (bicyclic) bond motifs is 1. The van der Waals surface area contributed by atoms with E-state index in [4.69, 9.17) is 4.99 Å². The van der Waals surface area contributed by atoms with Gasteiger partial charge < -0.3 is 0 Å². The standard InChI is InChI=1S/C12H18N3PSe/c1-9-6-7-10-11(8-9)16(17,15(4)5)12(13-10)14(2)3/h6-8H,1-5H3. The van der Waals surface area contributed by atoms with Crippen molar-refractivity contribution in [1.82, 2.24) is 9.57 Å². The molecule has 3 nitrogen and oxygen atoms in total. The zero-order valence-electron chi connectivity index (χ0n) is 10.9. The topological polar surface area (TPSA) is 18.8 Å². The summed E-state index contributed by atoms with van der Waals surface area (Å²) in [7, 11) is 8.38. The van der Waals surface area contributed by atoms with Crippen LogP contribution in [0.15, 0.2) is 23.2 Å². The van der Waals surface area contributed by atoms with Gasteiger partial charge in [0, 0.05) is 0 Å². The van der Waals surface area contributed by atoms with Crippen LogP contribution in [0.2, 0.25) is 0 Å². The van der Waals surface area contributed by atoms with Crippen LogP contribution in [0.4, 0.5) is 5.69 Å². The second kappa shape index (κ2) is 4.36. The maximum atomic E-state index is 4.79. The van der Waals surface area contributed by atoms with E-state index in [9.17, 15) is 0 Å². The summed E-state index contributed by atoms with van der Waals surface area (Å²) in [6.45, 7) is 2.13. The Bertz CT molecular complexity index is 535. The Hall–Kier alpha value is -0.401. The van der Waals surface area contributed by atoms with Gasteiger partial charge in [0.25, 0.3) is 0 Å². The summed E-state index contributed by atoms with van der Waals surface area (Å²) < 4.78 is 2.29. The van der Waals surface area contributed by atoms with E-state index in [1.807, 2.05) is 0 Å². The van der Waals surface area contributed by atoms with Crippen molar-refractivity contribution in [2.75, 3.05) is 28.2 Å². The summed E-state index contributed by atoms with van der Waals surface area (Å²) >= 11 is 3.43. The molecule has 0 N–H and O–H groups in total. The number of aryl methyl sites for hydroxylation is 1. The molecule has 5 heteroatoms. The van der Waals surface area contributed by atoms with Crippen molar-refractivity contribution in [3.05, 3.63) is 23.8 Å². The summed E-state index contributed by atoms with van der Waals surface area (Å²) in [5.74, 6) is 0. The number of hydrogen-bond acceptors (Lipinski definition) is 3. The third kappa shape index (κ3) is 1.94. The predicted molar refractivity (Wildman–Crippen MR) is 78.0 cm³/mol. The van der Waals surface area contributed by atoms with E-state index >= 15 is 0 Å².